The van der Waals surface area contributed by atoms with Crippen LogP contribution in [0.4, 0.5) is 0 Å². The predicted molar refractivity (Wildman–Crippen MR) is 86.0 cm³/mol. The van der Waals surface area contributed by atoms with Crippen molar-refractivity contribution in [1.29, 1.82) is 0 Å². The fraction of sp³-hybridized carbons (Fsp3) is 0.158. The molecular formula is C19H14N2O. The zero-order valence-electron chi connectivity index (χ0n) is 11.9. The monoisotopic (exact) mass is 286 g/mol. The van der Waals surface area contributed by atoms with Crippen molar-refractivity contribution in [2.75, 3.05) is 0 Å². The quantitative estimate of drug-likeness (QED) is 0.684. The standard InChI is InChI=1S/C19H14N2O/c1-2-7-14-11-20-16(9-12(14)5-1)19-21-18-15-8-4-3-6-13(15)10-17(18)22-19/h1-9,11,17-18H,10H2. The molecule has 22 heavy (non-hydrogen) atoms. The molecule has 2 aliphatic rings. The van der Waals surface area contributed by atoms with Crippen LogP contribution in [0, 0.1) is 0 Å². The van der Waals surface area contributed by atoms with E-state index in [4.69, 9.17) is 9.73 Å². The van der Waals surface area contributed by atoms with Gasteiger partial charge in [-0.15, -0.1) is 0 Å². The van der Waals surface area contributed by atoms with Gasteiger partial charge in [-0.2, -0.15) is 0 Å². The summed E-state index contributed by atoms with van der Waals surface area (Å²) in [5.74, 6) is 0.676. The molecule has 1 aromatic heterocycles. The number of fused-ring (bicyclic) bond motifs is 4. The average Bonchev–Trinajstić information content (AvgIpc) is 3.12. The molecule has 0 radical (unpaired) electrons. The summed E-state index contributed by atoms with van der Waals surface area (Å²) >= 11 is 0. The Morgan fingerprint density at radius 1 is 0.955 bits per heavy atom. The summed E-state index contributed by atoms with van der Waals surface area (Å²) in [6, 6.07) is 18.9. The van der Waals surface area contributed by atoms with Gasteiger partial charge in [0.15, 0.2) is 0 Å². The van der Waals surface area contributed by atoms with E-state index in [0.717, 1.165) is 22.9 Å². The normalized spacial score (nSPS) is 22.1. The van der Waals surface area contributed by atoms with Gasteiger partial charge in [0.05, 0.1) is 0 Å². The van der Waals surface area contributed by atoms with E-state index in [-0.39, 0.29) is 12.1 Å². The summed E-state index contributed by atoms with van der Waals surface area (Å²) in [6.45, 7) is 0. The summed E-state index contributed by atoms with van der Waals surface area (Å²) in [5.41, 5.74) is 3.47. The minimum atomic E-state index is 0.125. The lowest BCUT2D eigenvalue weighted by Crippen LogP contribution is -2.14. The lowest BCUT2D eigenvalue weighted by Gasteiger charge is -2.08. The van der Waals surface area contributed by atoms with Gasteiger partial charge in [0.25, 0.3) is 0 Å². The zero-order chi connectivity index (χ0) is 14.5. The molecule has 1 aliphatic heterocycles. The highest BCUT2D eigenvalue weighted by Gasteiger charge is 2.39. The first-order valence-corrected chi connectivity index (χ1v) is 7.56. The molecule has 2 aromatic carbocycles. The molecule has 106 valence electrons. The van der Waals surface area contributed by atoms with E-state index in [0.29, 0.717) is 5.90 Å². The summed E-state index contributed by atoms with van der Waals surface area (Å²) in [4.78, 5) is 9.32. The van der Waals surface area contributed by atoms with Crippen molar-refractivity contribution >= 4 is 16.7 Å². The Morgan fingerprint density at radius 2 is 1.77 bits per heavy atom. The van der Waals surface area contributed by atoms with Crippen molar-refractivity contribution in [3.63, 3.8) is 0 Å². The number of aromatic nitrogens is 1. The van der Waals surface area contributed by atoms with E-state index in [1.165, 1.54) is 11.1 Å². The number of nitrogens with zero attached hydrogens (tertiary/aromatic N) is 2. The van der Waals surface area contributed by atoms with E-state index >= 15 is 0 Å². The first-order chi connectivity index (χ1) is 10.9. The fourth-order valence-corrected chi connectivity index (χ4v) is 3.42. The number of pyridine rings is 1. The van der Waals surface area contributed by atoms with Crippen molar-refractivity contribution in [1.82, 2.24) is 4.98 Å². The van der Waals surface area contributed by atoms with Gasteiger partial charge in [-0.3, -0.25) is 4.98 Å². The topological polar surface area (TPSA) is 34.5 Å². The van der Waals surface area contributed by atoms with Crippen molar-refractivity contribution in [2.24, 2.45) is 4.99 Å². The predicted octanol–water partition coefficient (Wildman–Crippen LogP) is 3.68. The third kappa shape index (κ3) is 1.69. The Labute approximate surface area is 128 Å². The minimum absolute atomic E-state index is 0.125. The number of benzene rings is 2. The summed E-state index contributed by atoms with van der Waals surface area (Å²) in [6.07, 6.45) is 2.95. The number of hydrogen-bond acceptors (Lipinski definition) is 3. The smallest absolute Gasteiger partial charge is 0.236 e. The van der Waals surface area contributed by atoms with Gasteiger partial charge in [0, 0.05) is 18.0 Å². The molecule has 2 heterocycles. The van der Waals surface area contributed by atoms with Crippen LogP contribution in [0.25, 0.3) is 10.8 Å². The second kappa shape index (κ2) is 4.41. The number of hydrogen-bond donors (Lipinski definition) is 0. The number of ether oxygens (including phenoxy) is 1. The Balaban J connectivity index is 1.57. The van der Waals surface area contributed by atoms with Crippen LogP contribution >= 0.6 is 0 Å². The van der Waals surface area contributed by atoms with E-state index in [2.05, 4.69) is 47.4 Å². The first kappa shape index (κ1) is 11.9. The van der Waals surface area contributed by atoms with Crippen molar-refractivity contribution in [2.45, 2.75) is 18.6 Å². The molecule has 1 aliphatic carbocycles. The summed E-state index contributed by atoms with van der Waals surface area (Å²) in [7, 11) is 0. The highest BCUT2D eigenvalue weighted by Crippen LogP contribution is 2.40. The molecule has 0 spiro atoms. The average molecular weight is 286 g/mol. The van der Waals surface area contributed by atoms with Gasteiger partial charge < -0.3 is 4.74 Å². The highest BCUT2D eigenvalue weighted by molar-refractivity contribution is 5.97. The SMILES string of the molecule is c1ccc2c(c1)CC1OC(c3cc4ccccc4cn3)=NC21. The second-order valence-corrected chi connectivity index (χ2v) is 5.86. The molecule has 0 fully saturated rings. The van der Waals surface area contributed by atoms with Gasteiger partial charge >= 0.3 is 0 Å². The van der Waals surface area contributed by atoms with Gasteiger partial charge in [0.2, 0.25) is 5.90 Å². The number of aliphatic imine (C=N–C) groups is 1. The Hall–Kier alpha value is -2.68. The molecule has 0 bridgehead atoms. The maximum atomic E-state index is 6.09. The molecule has 2 atom stereocenters. The van der Waals surface area contributed by atoms with Crippen LogP contribution in [0.3, 0.4) is 0 Å². The van der Waals surface area contributed by atoms with E-state index in [1.54, 1.807) is 0 Å². The van der Waals surface area contributed by atoms with Crippen LogP contribution in [0.2, 0.25) is 0 Å². The van der Waals surface area contributed by atoms with Crippen LogP contribution in [0.1, 0.15) is 22.9 Å². The molecule has 2 unspecified atom stereocenters. The zero-order valence-corrected chi connectivity index (χ0v) is 11.9. The summed E-state index contributed by atoms with van der Waals surface area (Å²) < 4.78 is 6.09. The van der Waals surface area contributed by atoms with Gasteiger partial charge in [-0.1, -0.05) is 48.5 Å². The molecule has 3 aromatic rings. The van der Waals surface area contributed by atoms with Crippen LogP contribution in [-0.2, 0) is 11.2 Å². The Kier molecular flexibility index (Phi) is 2.39. The minimum Gasteiger partial charge on any atom is -0.470 e. The molecule has 0 saturated carbocycles. The Bertz CT molecular complexity index is 916. The Morgan fingerprint density at radius 3 is 2.73 bits per heavy atom. The van der Waals surface area contributed by atoms with E-state index in [9.17, 15) is 0 Å². The third-order valence-corrected chi connectivity index (χ3v) is 4.52. The molecular weight excluding hydrogens is 272 g/mol. The maximum absolute atomic E-state index is 6.09. The van der Waals surface area contributed by atoms with E-state index < -0.39 is 0 Å². The maximum Gasteiger partial charge on any atom is 0.236 e. The molecule has 0 saturated heterocycles. The lowest BCUT2D eigenvalue weighted by molar-refractivity contribution is 0.206. The first-order valence-electron chi connectivity index (χ1n) is 7.56. The summed E-state index contributed by atoms with van der Waals surface area (Å²) in [5, 5.41) is 2.30. The third-order valence-electron chi connectivity index (χ3n) is 4.52. The highest BCUT2D eigenvalue weighted by atomic mass is 16.5. The molecule has 3 heteroatoms. The van der Waals surface area contributed by atoms with Gasteiger partial charge in [-0.25, -0.2) is 4.99 Å². The van der Waals surface area contributed by atoms with Crippen LogP contribution < -0.4 is 0 Å². The van der Waals surface area contributed by atoms with E-state index in [1.807, 2.05) is 18.3 Å². The number of rotatable bonds is 1. The fourth-order valence-electron chi connectivity index (χ4n) is 3.42. The lowest BCUT2D eigenvalue weighted by atomic mass is 10.1. The van der Waals surface area contributed by atoms with Crippen molar-refractivity contribution in [3.8, 4) is 0 Å². The molecule has 5 rings (SSSR count). The largest absolute Gasteiger partial charge is 0.470 e. The second-order valence-electron chi connectivity index (χ2n) is 5.86. The molecule has 0 N–H and O–H groups in total. The van der Waals surface area contributed by atoms with Crippen LogP contribution in [-0.4, -0.2) is 17.0 Å². The van der Waals surface area contributed by atoms with Crippen molar-refractivity contribution in [3.05, 3.63) is 77.6 Å². The van der Waals surface area contributed by atoms with Gasteiger partial charge in [-0.05, 0) is 22.6 Å². The molecule has 3 nitrogen and oxygen atoms in total. The van der Waals surface area contributed by atoms with Crippen LogP contribution in [0.5, 0.6) is 0 Å². The molecule has 0 amide bonds. The van der Waals surface area contributed by atoms with Crippen LogP contribution in [0.15, 0.2) is 65.8 Å². The van der Waals surface area contributed by atoms with Crippen molar-refractivity contribution < 1.29 is 4.74 Å². The van der Waals surface area contributed by atoms with Gasteiger partial charge in [0.1, 0.15) is 17.8 Å².